The first-order chi connectivity index (χ1) is 14.6. The third kappa shape index (κ3) is 6.15. The SMILES string of the molecule is CC(C)(C)OC(=O)N(C1CC1)S(=O)(=O)COc1ccc2cn(C(=O)OC(C)(C)C)cc2c1. The molecule has 1 aliphatic carbocycles. The molecule has 0 bridgehead atoms. The zero-order chi connectivity index (χ0) is 23.9. The largest absolute Gasteiger partial charge is 0.476 e. The first kappa shape index (κ1) is 23.9. The van der Waals surface area contributed by atoms with Crippen molar-refractivity contribution in [3.8, 4) is 5.75 Å². The molecule has 0 atom stereocenters. The Hall–Kier alpha value is -2.75. The Kier molecular flexibility index (Phi) is 6.21. The molecule has 0 radical (unpaired) electrons. The lowest BCUT2D eigenvalue weighted by atomic mass is 10.2. The van der Waals surface area contributed by atoms with Crippen LogP contribution < -0.4 is 4.74 Å². The van der Waals surface area contributed by atoms with Gasteiger partial charge in [0.2, 0.25) is 5.94 Å². The average molecular weight is 467 g/mol. The van der Waals surface area contributed by atoms with Crippen molar-refractivity contribution < 1.29 is 32.2 Å². The van der Waals surface area contributed by atoms with Crippen LogP contribution in [0.25, 0.3) is 10.8 Å². The fourth-order valence-corrected chi connectivity index (χ4v) is 4.26. The second-order valence-corrected chi connectivity index (χ2v) is 11.6. The van der Waals surface area contributed by atoms with E-state index < -0.39 is 45.4 Å². The molecular formula is C22H30N2O7S. The van der Waals surface area contributed by atoms with E-state index in [9.17, 15) is 18.0 Å². The summed E-state index contributed by atoms with van der Waals surface area (Å²) in [7, 11) is -4.05. The van der Waals surface area contributed by atoms with E-state index in [2.05, 4.69) is 0 Å². The third-order valence-corrected chi connectivity index (χ3v) is 5.81. The van der Waals surface area contributed by atoms with Crippen molar-refractivity contribution in [2.75, 3.05) is 5.94 Å². The average Bonchev–Trinajstić information content (AvgIpc) is 3.33. The van der Waals surface area contributed by atoms with Crippen LogP contribution >= 0.6 is 0 Å². The van der Waals surface area contributed by atoms with E-state index in [-0.39, 0.29) is 0 Å². The van der Waals surface area contributed by atoms with Gasteiger partial charge in [-0.3, -0.25) is 4.57 Å². The highest BCUT2D eigenvalue weighted by atomic mass is 32.2. The number of ether oxygens (including phenoxy) is 3. The van der Waals surface area contributed by atoms with Gasteiger partial charge in [-0.1, -0.05) is 0 Å². The van der Waals surface area contributed by atoms with E-state index in [1.165, 1.54) is 4.57 Å². The minimum atomic E-state index is -4.05. The number of aromatic nitrogens is 1. The predicted octanol–water partition coefficient (Wildman–Crippen LogP) is 4.49. The highest BCUT2D eigenvalue weighted by molar-refractivity contribution is 7.89. The van der Waals surface area contributed by atoms with E-state index in [1.807, 2.05) is 0 Å². The first-order valence-corrected chi connectivity index (χ1v) is 12.0. The lowest BCUT2D eigenvalue weighted by Gasteiger charge is -2.26. The molecule has 9 nitrogen and oxygen atoms in total. The van der Waals surface area contributed by atoms with Gasteiger partial charge in [-0.25, -0.2) is 18.0 Å². The molecule has 0 aliphatic heterocycles. The van der Waals surface area contributed by atoms with Gasteiger partial charge >= 0.3 is 12.2 Å². The Bertz CT molecular complexity index is 1120. The van der Waals surface area contributed by atoms with Crippen molar-refractivity contribution in [2.24, 2.45) is 0 Å². The molecule has 1 aromatic heterocycles. The number of rotatable bonds is 5. The molecule has 1 aromatic carbocycles. The minimum Gasteiger partial charge on any atom is -0.476 e. The molecule has 0 spiro atoms. The van der Waals surface area contributed by atoms with E-state index in [0.717, 1.165) is 9.69 Å². The van der Waals surface area contributed by atoms with Crippen LogP contribution in [-0.4, -0.2) is 52.7 Å². The molecule has 1 aliphatic rings. The number of benzene rings is 1. The molecule has 3 rings (SSSR count). The molecule has 0 N–H and O–H groups in total. The summed E-state index contributed by atoms with van der Waals surface area (Å²) in [4.78, 5) is 24.7. The van der Waals surface area contributed by atoms with Crippen LogP contribution in [0.4, 0.5) is 9.59 Å². The Labute approximate surface area is 188 Å². The quantitative estimate of drug-likeness (QED) is 0.639. The number of carbonyl (C=O) groups excluding carboxylic acids is 2. The number of carbonyl (C=O) groups is 2. The van der Waals surface area contributed by atoms with Crippen molar-refractivity contribution in [1.82, 2.24) is 8.87 Å². The predicted molar refractivity (Wildman–Crippen MR) is 119 cm³/mol. The molecule has 1 fully saturated rings. The number of fused-ring (bicyclic) bond motifs is 1. The molecule has 32 heavy (non-hydrogen) atoms. The zero-order valence-electron chi connectivity index (χ0n) is 19.2. The topological polar surface area (TPSA) is 104 Å². The number of hydrogen-bond acceptors (Lipinski definition) is 7. The van der Waals surface area contributed by atoms with Gasteiger partial charge in [-0.05, 0) is 72.6 Å². The molecule has 10 heteroatoms. The number of nitrogens with zero attached hydrogens (tertiary/aromatic N) is 2. The smallest absolute Gasteiger partial charge is 0.424 e. The third-order valence-electron chi connectivity index (χ3n) is 4.35. The van der Waals surface area contributed by atoms with E-state index in [4.69, 9.17) is 14.2 Å². The summed E-state index contributed by atoms with van der Waals surface area (Å²) in [6.07, 6.45) is 3.00. The fourth-order valence-electron chi connectivity index (χ4n) is 2.93. The summed E-state index contributed by atoms with van der Waals surface area (Å²) >= 11 is 0. The summed E-state index contributed by atoms with van der Waals surface area (Å²) < 4.78 is 43.9. The Balaban J connectivity index is 1.73. The maximum absolute atomic E-state index is 12.8. The lowest BCUT2D eigenvalue weighted by Crippen LogP contribution is -2.44. The van der Waals surface area contributed by atoms with Gasteiger partial charge in [0, 0.05) is 23.2 Å². The highest BCUT2D eigenvalue weighted by Crippen LogP contribution is 2.31. The minimum absolute atomic E-state index is 0.294. The van der Waals surface area contributed by atoms with Crippen molar-refractivity contribution >= 4 is 33.0 Å². The molecular weight excluding hydrogens is 436 g/mol. The molecule has 0 unspecified atom stereocenters. The molecule has 1 heterocycles. The van der Waals surface area contributed by atoms with Crippen LogP contribution in [0.2, 0.25) is 0 Å². The van der Waals surface area contributed by atoms with Crippen molar-refractivity contribution in [3.63, 3.8) is 0 Å². The van der Waals surface area contributed by atoms with Crippen LogP contribution in [0.5, 0.6) is 5.75 Å². The van der Waals surface area contributed by atoms with Crippen LogP contribution in [0, 0.1) is 0 Å². The van der Waals surface area contributed by atoms with Crippen LogP contribution in [0.15, 0.2) is 30.6 Å². The van der Waals surface area contributed by atoms with Gasteiger partial charge in [-0.2, -0.15) is 4.31 Å². The van der Waals surface area contributed by atoms with E-state index in [0.29, 0.717) is 24.0 Å². The lowest BCUT2D eigenvalue weighted by molar-refractivity contribution is 0.0378. The van der Waals surface area contributed by atoms with Gasteiger partial charge in [0.15, 0.2) is 0 Å². The monoisotopic (exact) mass is 466 g/mol. The van der Waals surface area contributed by atoms with Crippen LogP contribution in [0.1, 0.15) is 54.4 Å². The number of amides is 1. The first-order valence-electron chi connectivity index (χ1n) is 10.4. The molecule has 0 saturated heterocycles. The second-order valence-electron chi connectivity index (χ2n) is 9.82. The maximum Gasteiger partial charge on any atom is 0.424 e. The van der Waals surface area contributed by atoms with Gasteiger partial charge in [-0.15, -0.1) is 0 Å². The van der Waals surface area contributed by atoms with E-state index >= 15 is 0 Å². The Morgan fingerprint density at radius 1 is 1.00 bits per heavy atom. The zero-order valence-corrected chi connectivity index (χ0v) is 20.1. The normalized spacial score (nSPS) is 14.8. The number of sulfonamides is 1. The van der Waals surface area contributed by atoms with Crippen molar-refractivity contribution in [1.29, 1.82) is 0 Å². The molecule has 1 saturated carbocycles. The summed E-state index contributed by atoms with van der Waals surface area (Å²) in [5.41, 5.74) is -1.44. The summed E-state index contributed by atoms with van der Waals surface area (Å²) in [6.45, 7) is 10.4. The summed E-state index contributed by atoms with van der Waals surface area (Å²) in [6, 6.07) is 4.54. The molecule has 176 valence electrons. The highest BCUT2D eigenvalue weighted by Gasteiger charge is 2.43. The maximum atomic E-state index is 12.8. The van der Waals surface area contributed by atoms with Crippen molar-refractivity contribution in [3.05, 3.63) is 30.6 Å². The number of hydrogen-bond donors (Lipinski definition) is 0. The van der Waals surface area contributed by atoms with Crippen LogP contribution in [0.3, 0.4) is 0 Å². The summed E-state index contributed by atoms with van der Waals surface area (Å²) in [5.74, 6) is -0.413. The molecule has 1 amide bonds. The van der Waals surface area contributed by atoms with Gasteiger partial charge < -0.3 is 14.2 Å². The fraction of sp³-hybridized carbons (Fsp3) is 0.545. The Morgan fingerprint density at radius 3 is 2.16 bits per heavy atom. The standard InChI is InChI=1S/C22H30N2O7S/c1-21(2,3)30-19(25)23-12-15-7-10-18(11-16(15)13-23)29-14-32(27,28)24(17-8-9-17)20(26)31-22(4,5)6/h7,10-13,17H,8-9,14H2,1-6H3. The van der Waals surface area contributed by atoms with Gasteiger partial charge in [0.05, 0.1) is 6.04 Å². The van der Waals surface area contributed by atoms with Gasteiger partial charge in [0.25, 0.3) is 10.0 Å². The Morgan fingerprint density at radius 2 is 1.59 bits per heavy atom. The van der Waals surface area contributed by atoms with Gasteiger partial charge in [0.1, 0.15) is 17.0 Å². The second kappa shape index (κ2) is 8.31. The van der Waals surface area contributed by atoms with Crippen molar-refractivity contribution in [2.45, 2.75) is 71.6 Å². The molecule has 2 aromatic rings. The summed E-state index contributed by atoms with van der Waals surface area (Å²) in [5, 5.41) is 1.44. The van der Waals surface area contributed by atoms with E-state index in [1.54, 1.807) is 72.1 Å². The van der Waals surface area contributed by atoms with Crippen LogP contribution in [-0.2, 0) is 19.5 Å².